The van der Waals surface area contributed by atoms with Gasteiger partial charge >= 0.3 is 0 Å². The zero-order valence-corrected chi connectivity index (χ0v) is 6.01. The number of aliphatic hydroxyl groups excluding tert-OH is 2. The van der Waals surface area contributed by atoms with Crippen LogP contribution in [0.3, 0.4) is 0 Å². The maximum Gasteiger partial charge on any atom is 0.0662 e. The Morgan fingerprint density at radius 3 is 1.67 bits per heavy atom. The van der Waals surface area contributed by atoms with Crippen LogP contribution >= 0.6 is 0 Å². The van der Waals surface area contributed by atoms with Crippen molar-refractivity contribution >= 4 is 0 Å². The summed E-state index contributed by atoms with van der Waals surface area (Å²) in [4.78, 5) is 0. The molecule has 0 fully saturated rings. The van der Waals surface area contributed by atoms with E-state index in [2.05, 4.69) is 6.92 Å². The maximum absolute atomic E-state index is 7.62. The van der Waals surface area contributed by atoms with Gasteiger partial charge < -0.3 is 15.9 Å². The number of aliphatic hydroxyl groups is 2. The van der Waals surface area contributed by atoms with E-state index in [4.69, 9.17) is 15.9 Å². The highest BCUT2D eigenvalue weighted by atomic mass is 16.3. The Bertz CT molecular complexity index is 30.2. The molecule has 0 aromatic rings. The molecule has 0 radical (unpaired) electrons. The van der Waals surface area contributed by atoms with E-state index in [0.717, 1.165) is 6.54 Å². The molecule has 0 aliphatic rings. The van der Waals surface area contributed by atoms with E-state index in [1.165, 1.54) is 12.8 Å². The summed E-state index contributed by atoms with van der Waals surface area (Å²) in [5.74, 6) is 0. The molecule has 3 heteroatoms. The van der Waals surface area contributed by atoms with E-state index in [1.54, 1.807) is 0 Å². The van der Waals surface area contributed by atoms with E-state index in [0.29, 0.717) is 0 Å². The van der Waals surface area contributed by atoms with Crippen LogP contribution in [0, 0.1) is 0 Å². The minimum absolute atomic E-state index is 0.125. The first-order chi connectivity index (χ1) is 4.33. The minimum atomic E-state index is -0.125. The van der Waals surface area contributed by atoms with Crippen LogP contribution in [0.1, 0.15) is 19.8 Å². The average molecular weight is 135 g/mol. The lowest BCUT2D eigenvalue weighted by Crippen LogP contribution is -1.95. The van der Waals surface area contributed by atoms with Gasteiger partial charge in [0.05, 0.1) is 13.2 Å². The Balaban J connectivity index is 0. The summed E-state index contributed by atoms with van der Waals surface area (Å²) >= 11 is 0. The van der Waals surface area contributed by atoms with Crippen LogP contribution in [0.2, 0.25) is 0 Å². The van der Waals surface area contributed by atoms with Gasteiger partial charge in [-0.3, -0.25) is 0 Å². The molecule has 58 valence electrons. The van der Waals surface area contributed by atoms with Crippen LogP contribution in [0.25, 0.3) is 0 Å². The quantitative estimate of drug-likeness (QED) is 0.498. The van der Waals surface area contributed by atoms with Crippen LogP contribution in [0.15, 0.2) is 0 Å². The lowest BCUT2D eigenvalue weighted by atomic mass is 10.3. The van der Waals surface area contributed by atoms with E-state index >= 15 is 0 Å². The van der Waals surface area contributed by atoms with Gasteiger partial charge in [0.1, 0.15) is 0 Å². The predicted octanol–water partition coefficient (Wildman–Crippen LogP) is -0.284. The molecule has 0 atom stereocenters. The normalized spacial score (nSPS) is 8.00. The highest BCUT2D eigenvalue weighted by Crippen LogP contribution is 1.77. The van der Waals surface area contributed by atoms with E-state index in [9.17, 15) is 0 Å². The number of hydrogen-bond acceptors (Lipinski definition) is 3. The van der Waals surface area contributed by atoms with Gasteiger partial charge in [-0.15, -0.1) is 0 Å². The Morgan fingerprint density at radius 1 is 1.22 bits per heavy atom. The van der Waals surface area contributed by atoms with E-state index in [-0.39, 0.29) is 13.2 Å². The second-order valence-corrected chi connectivity index (χ2v) is 1.59. The highest BCUT2D eigenvalue weighted by Gasteiger charge is 1.67. The third-order valence-electron chi connectivity index (χ3n) is 0.658. The maximum atomic E-state index is 7.62. The van der Waals surface area contributed by atoms with Crippen LogP contribution in [-0.2, 0) is 0 Å². The fraction of sp³-hybridized carbons (Fsp3) is 1.00. The van der Waals surface area contributed by atoms with Crippen molar-refractivity contribution in [3.63, 3.8) is 0 Å². The summed E-state index contributed by atoms with van der Waals surface area (Å²) in [6, 6.07) is 0. The molecule has 0 aromatic carbocycles. The second-order valence-electron chi connectivity index (χ2n) is 1.59. The first kappa shape index (κ1) is 11.6. The molecule has 0 saturated carbocycles. The standard InChI is InChI=1S/C4H11N.C2H6O2/c1-2-3-4-5;3-1-2-4/h2-5H2,1H3;3-4H,1-2H2. The molecule has 4 N–H and O–H groups in total. The first-order valence-electron chi connectivity index (χ1n) is 3.25. The molecule has 0 rings (SSSR count). The molecule has 0 aliphatic heterocycles. The van der Waals surface area contributed by atoms with E-state index in [1.807, 2.05) is 0 Å². The summed E-state index contributed by atoms with van der Waals surface area (Å²) < 4.78 is 0. The fourth-order valence-corrected chi connectivity index (χ4v) is 0.204. The Hall–Kier alpha value is -0.120. The van der Waals surface area contributed by atoms with Crippen molar-refractivity contribution in [2.24, 2.45) is 5.73 Å². The van der Waals surface area contributed by atoms with Gasteiger partial charge in [0.25, 0.3) is 0 Å². The smallest absolute Gasteiger partial charge is 0.0662 e. The zero-order chi connectivity index (χ0) is 7.54. The number of rotatable bonds is 3. The fourth-order valence-electron chi connectivity index (χ4n) is 0.204. The largest absolute Gasteiger partial charge is 0.394 e. The summed E-state index contributed by atoms with van der Waals surface area (Å²) in [5.41, 5.74) is 5.14. The number of hydrogen-bond donors (Lipinski definition) is 3. The Kier molecular flexibility index (Phi) is 20.3. The molecule has 0 unspecified atom stereocenters. The Labute approximate surface area is 56.5 Å². The lowest BCUT2D eigenvalue weighted by Gasteiger charge is -1.80. The summed E-state index contributed by atoms with van der Waals surface area (Å²) in [6.07, 6.45) is 2.39. The molecule has 0 amide bonds. The molecule has 0 aliphatic carbocycles. The molecule has 0 aromatic heterocycles. The third kappa shape index (κ3) is 32.8. The molecule has 0 heterocycles. The van der Waals surface area contributed by atoms with Gasteiger partial charge in [0, 0.05) is 0 Å². The van der Waals surface area contributed by atoms with Crippen molar-refractivity contribution in [2.45, 2.75) is 19.8 Å². The highest BCUT2D eigenvalue weighted by molar-refractivity contribution is 4.29. The van der Waals surface area contributed by atoms with Crippen LogP contribution in [-0.4, -0.2) is 30.0 Å². The number of nitrogens with two attached hydrogens (primary N) is 1. The van der Waals surface area contributed by atoms with Crippen molar-refractivity contribution in [2.75, 3.05) is 19.8 Å². The molecule has 0 saturated heterocycles. The Morgan fingerprint density at radius 2 is 1.67 bits per heavy atom. The summed E-state index contributed by atoms with van der Waals surface area (Å²) in [6.45, 7) is 2.73. The molecule has 3 nitrogen and oxygen atoms in total. The van der Waals surface area contributed by atoms with Crippen LogP contribution < -0.4 is 5.73 Å². The predicted molar refractivity (Wildman–Crippen MR) is 38.1 cm³/mol. The van der Waals surface area contributed by atoms with Crippen molar-refractivity contribution in [3.8, 4) is 0 Å². The molecular formula is C6H17NO2. The zero-order valence-electron chi connectivity index (χ0n) is 6.01. The first-order valence-corrected chi connectivity index (χ1v) is 3.25. The van der Waals surface area contributed by atoms with Crippen molar-refractivity contribution in [3.05, 3.63) is 0 Å². The van der Waals surface area contributed by atoms with Crippen LogP contribution in [0.4, 0.5) is 0 Å². The minimum Gasteiger partial charge on any atom is -0.394 e. The topological polar surface area (TPSA) is 66.5 Å². The van der Waals surface area contributed by atoms with Gasteiger partial charge in [-0.2, -0.15) is 0 Å². The molecular weight excluding hydrogens is 118 g/mol. The van der Waals surface area contributed by atoms with Gasteiger partial charge in [-0.1, -0.05) is 13.3 Å². The second kappa shape index (κ2) is 15.7. The summed E-state index contributed by atoms with van der Waals surface area (Å²) in [5, 5.41) is 15.2. The van der Waals surface area contributed by atoms with Gasteiger partial charge in [0.2, 0.25) is 0 Å². The van der Waals surface area contributed by atoms with Crippen molar-refractivity contribution in [1.29, 1.82) is 0 Å². The number of unbranched alkanes of at least 4 members (excludes halogenated alkanes) is 1. The van der Waals surface area contributed by atoms with Crippen molar-refractivity contribution < 1.29 is 10.2 Å². The third-order valence-corrected chi connectivity index (χ3v) is 0.658. The lowest BCUT2D eigenvalue weighted by molar-refractivity contribution is 0.186. The summed E-state index contributed by atoms with van der Waals surface area (Å²) in [7, 11) is 0. The van der Waals surface area contributed by atoms with Crippen LogP contribution in [0.5, 0.6) is 0 Å². The van der Waals surface area contributed by atoms with E-state index < -0.39 is 0 Å². The average Bonchev–Trinajstić information content (AvgIpc) is 1.91. The molecule has 0 spiro atoms. The van der Waals surface area contributed by atoms with Gasteiger partial charge in [-0.05, 0) is 13.0 Å². The molecule has 0 bridgehead atoms. The van der Waals surface area contributed by atoms with Crippen molar-refractivity contribution in [1.82, 2.24) is 0 Å². The van der Waals surface area contributed by atoms with Gasteiger partial charge in [-0.25, -0.2) is 0 Å². The van der Waals surface area contributed by atoms with Gasteiger partial charge in [0.15, 0.2) is 0 Å². The SMILES string of the molecule is CCCCN.OCCO. The monoisotopic (exact) mass is 135 g/mol. The molecule has 9 heavy (non-hydrogen) atoms.